The minimum absolute atomic E-state index is 0.345. The van der Waals surface area contributed by atoms with Gasteiger partial charge in [0.05, 0.1) is 5.41 Å². The standard InChI is InChI=1S/C10H19NO2/c1-3-11(4-2)8-7-10(5-6-10)9(12)13/h3-8H2,1-2H3,(H,12,13). The van der Waals surface area contributed by atoms with Crippen LogP contribution in [0.3, 0.4) is 0 Å². The number of carbonyl (C=O) groups is 1. The molecule has 76 valence electrons. The van der Waals surface area contributed by atoms with Gasteiger partial charge in [0.1, 0.15) is 0 Å². The molecule has 0 spiro atoms. The Balaban J connectivity index is 2.29. The van der Waals surface area contributed by atoms with Crippen molar-refractivity contribution < 1.29 is 9.90 Å². The lowest BCUT2D eigenvalue weighted by Crippen LogP contribution is -2.28. The molecule has 0 saturated heterocycles. The van der Waals surface area contributed by atoms with E-state index in [2.05, 4.69) is 18.7 Å². The zero-order valence-corrected chi connectivity index (χ0v) is 8.55. The Morgan fingerprint density at radius 1 is 1.38 bits per heavy atom. The molecule has 13 heavy (non-hydrogen) atoms. The zero-order valence-electron chi connectivity index (χ0n) is 8.55. The second-order valence-electron chi connectivity index (χ2n) is 3.86. The molecular weight excluding hydrogens is 166 g/mol. The summed E-state index contributed by atoms with van der Waals surface area (Å²) in [5, 5.41) is 8.94. The Hall–Kier alpha value is -0.570. The second kappa shape index (κ2) is 4.09. The first-order valence-electron chi connectivity index (χ1n) is 5.10. The van der Waals surface area contributed by atoms with Crippen LogP contribution in [0.4, 0.5) is 0 Å². The van der Waals surface area contributed by atoms with Gasteiger partial charge in [-0.1, -0.05) is 13.8 Å². The van der Waals surface area contributed by atoms with Crippen LogP contribution in [-0.4, -0.2) is 35.6 Å². The summed E-state index contributed by atoms with van der Waals surface area (Å²) in [4.78, 5) is 13.1. The van der Waals surface area contributed by atoms with Crippen molar-refractivity contribution in [2.75, 3.05) is 19.6 Å². The minimum atomic E-state index is -0.598. The van der Waals surface area contributed by atoms with Crippen LogP contribution < -0.4 is 0 Å². The van der Waals surface area contributed by atoms with Crippen molar-refractivity contribution in [2.24, 2.45) is 5.41 Å². The van der Waals surface area contributed by atoms with Gasteiger partial charge in [-0.05, 0) is 38.9 Å². The van der Waals surface area contributed by atoms with Gasteiger partial charge >= 0.3 is 5.97 Å². The first kappa shape index (κ1) is 10.5. The minimum Gasteiger partial charge on any atom is -0.481 e. The first-order chi connectivity index (χ1) is 6.14. The van der Waals surface area contributed by atoms with E-state index in [9.17, 15) is 4.79 Å². The molecule has 0 aromatic carbocycles. The molecule has 1 aliphatic rings. The highest BCUT2D eigenvalue weighted by molar-refractivity contribution is 5.77. The van der Waals surface area contributed by atoms with Crippen molar-refractivity contribution >= 4 is 5.97 Å². The quantitative estimate of drug-likeness (QED) is 0.683. The Morgan fingerprint density at radius 3 is 2.23 bits per heavy atom. The van der Waals surface area contributed by atoms with E-state index in [0.717, 1.165) is 38.9 Å². The third-order valence-electron chi connectivity index (χ3n) is 3.11. The average Bonchev–Trinajstić information content (AvgIpc) is 2.87. The maximum absolute atomic E-state index is 10.9. The molecule has 1 rings (SSSR count). The molecule has 0 atom stereocenters. The summed E-state index contributed by atoms with van der Waals surface area (Å²) >= 11 is 0. The molecule has 3 heteroatoms. The number of aliphatic carboxylic acids is 1. The summed E-state index contributed by atoms with van der Waals surface area (Å²) in [6.07, 6.45) is 2.58. The normalized spacial score (nSPS) is 19.0. The van der Waals surface area contributed by atoms with E-state index in [1.165, 1.54) is 0 Å². The van der Waals surface area contributed by atoms with Crippen molar-refractivity contribution in [2.45, 2.75) is 33.1 Å². The van der Waals surface area contributed by atoms with Gasteiger partial charge in [-0.3, -0.25) is 4.79 Å². The molecule has 1 aliphatic carbocycles. The van der Waals surface area contributed by atoms with E-state index < -0.39 is 5.97 Å². The van der Waals surface area contributed by atoms with Crippen LogP contribution in [0.2, 0.25) is 0 Å². The van der Waals surface area contributed by atoms with Crippen LogP contribution >= 0.6 is 0 Å². The largest absolute Gasteiger partial charge is 0.481 e. The first-order valence-corrected chi connectivity index (χ1v) is 5.10. The smallest absolute Gasteiger partial charge is 0.309 e. The lowest BCUT2D eigenvalue weighted by Gasteiger charge is -2.20. The van der Waals surface area contributed by atoms with Crippen LogP contribution in [0.1, 0.15) is 33.1 Å². The Bertz CT molecular complexity index is 183. The predicted octanol–water partition coefficient (Wildman–Crippen LogP) is 1.58. The Kier molecular flexibility index (Phi) is 3.31. The van der Waals surface area contributed by atoms with Crippen molar-refractivity contribution in [1.82, 2.24) is 4.90 Å². The number of carboxylic acids is 1. The summed E-state index contributed by atoms with van der Waals surface area (Å²) in [5.41, 5.74) is -0.345. The van der Waals surface area contributed by atoms with E-state index in [1.54, 1.807) is 0 Å². The zero-order chi connectivity index (χ0) is 9.90. The van der Waals surface area contributed by atoms with Gasteiger partial charge in [0.2, 0.25) is 0 Å². The molecule has 0 radical (unpaired) electrons. The number of carboxylic acid groups (broad SMARTS) is 1. The summed E-state index contributed by atoms with van der Waals surface area (Å²) < 4.78 is 0. The molecular formula is C10H19NO2. The maximum atomic E-state index is 10.9. The fraction of sp³-hybridized carbons (Fsp3) is 0.900. The predicted molar refractivity (Wildman–Crippen MR) is 51.7 cm³/mol. The van der Waals surface area contributed by atoms with Crippen molar-refractivity contribution in [3.8, 4) is 0 Å². The number of rotatable bonds is 6. The highest BCUT2D eigenvalue weighted by Gasteiger charge is 2.49. The van der Waals surface area contributed by atoms with Crippen LogP contribution in [0.15, 0.2) is 0 Å². The van der Waals surface area contributed by atoms with Gasteiger partial charge in [-0.2, -0.15) is 0 Å². The van der Waals surface area contributed by atoms with Gasteiger partial charge in [-0.25, -0.2) is 0 Å². The number of nitrogens with zero attached hydrogens (tertiary/aromatic N) is 1. The van der Waals surface area contributed by atoms with Gasteiger partial charge in [0.15, 0.2) is 0 Å². The molecule has 0 aromatic heterocycles. The number of hydrogen-bond acceptors (Lipinski definition) is 2. The number of hydrogen-bond donors (Lipinski definition) is 1. The van der Waals surface area contributed by atoms with E-state index in [4.69, 9.17) is 5.11 Å². The summed E-state index contributed by atoms with van der Waals surface area (Å²) in [6, 6.07) is 0. The van der Waals surface area contributed by atoms with E-state index >= 15 is 0 Å². The Labute approximate surface area is 79.7 Å². The average molecular weight is 185 g/mol. The highest BCUT2D eigenvalue weighted by Crippen LogP contribution is 2.48. The molecule has 1 N–H and O–H groups in total. The molecule has 0 heterocycles. The van der Waals surface area contributed by atoms with E-state index in [-0.39, 0.29) is 5.41 Å². The van der Waals surface area contributed by atoms with Crippen molar-refractivity contribution in [3.63, 3.8) is 0 Å². The SMILES string of the molecule is CCN(CC)CCC1(C(=O)O)CC1. The van der Waals surface area contributed by atoms with Gasteiger partial charge in [-0.15, -0.1) is 0 Å². The van der Waals surface area contributed by atoms with Crippen LogP contribution in [0.25, 0.3) is 0 Å². The monoisotopic (exact) mass is 185 g/mol. The molecule has 0 aliphatic heterocycles. The molecule has 3 nitrogen and oxygen atoms in total. The van der Waals surface area contributed by atoms with Crippen molar-refractivity contribution in [3.05, 3.63) is 0 Å². The molecule has 0 bridgehead atoms. The molecule has 1 saturated carbocycles. The van der Waals surface area contributed by atoms with Crippen LogP contribution in [0, 0.1) is 5.41 Å². The fourth-order valence-electron chi connectivity index (χ4n) is 1.63. The summed E-state index contributed by atoms with van der Waals surface area (Å²) in [7, 11) is 0. The van der Waals surface area contributed by atoms with Crippen LogP contribution in [0.5, 0.6) is 0 Å². The van der Waals surface area contributed by atoms with Gasteiger partial charge in [0.25, 0.3) is 0 Å². The molecule has 0 unspecified atom stereocenters. The summed E-state index contributed by atoms with van der Waals surface area (Å²) in [5.74, 6) is -0.598. The van der Waals surface area contributed by atoms with Crippen LogP contribution in [-0.2, 0) is 4.79 Å². The van der Waals surface area contributed by atoms with Gasteiger partial charge in [0, 0.05) is 0 Å². The topological polar surface area (TPSA) is 40.5 Å². The molecule has 0 amide bonds. The summed E-state index contributed by atoms with van der Waals surface area (Å²) in [6.45, 7) is 7.20. The van der Waals surface area contributed by atoms with Crippen molar-refractivity contribution in [1.29, 1.82) is 0 Å². The highest BCUT2D eigenvalue weighted by atomic mass is 16.4. The second-order valence-corrected chi connectivity index (χ2v) is 3.86. The Morgan fingerprint density at radius 2 is 1.92 bits per heavy atom. The fourth-order valence-corrected chi connectivity index (χ4v) is 1.63. The third kappa shape index (κ3) is 2.44. The maximum Gasteiger partial charge on any atom is 0.309 e. The lowest BCUT2D eigenvalue weighted by molar-refractivity contribution is -0.143. The third-order valence-corrected chi connectivity index (χ3v) is 3.11. The lowest BCUT2D eigenvalue weighted by atomic mass is 10.0. The van der Waals surface area contributed by atoms with E-state index in [1.807, 2.05) is 0 Å². The van der Waals surface area contributed by atoms with Gasteiger partial charge < -0.3 is 10.0 Å². The molecule has 1 fully saturated rings. The molecule has 0 aromatic rings. The van der Waals surface area contributed by atoms with E-state index in [0.29, 0.717) is 0 Å².